The predicted molar refractivity (Wildman–Crippen MR) is 233 cm³/mol. The maximum Gasteiger partial charge on any atom is 0.491 e. The summed E-state index contributed by atoms with van der Waals surface area (Å²) < 4.78 is 88.9. The minimum Gasteiger partial charge on any atom is -0.465 e. The zero-order valence-corrected chi connectivity index (χ0v) is 40.2. The highest BCUT2D eigenvalue weighted by molar-refractivity contribution is 7.17. The maximum absolute atomic E-state index is 11.4. The quantitative estimate of drug-likeness (QED) is 0.0179. The molecule has 71 heavy (non-hydrogen) atoms. The Hall–Kier alpha value is -7.96. The number of carbonyl (C=O) groups excluding carboxylic acids is 8. The number of rotatable bonds is 8. The van der Waals surface area contributed by atoms with Gasteiger partial charge in [-0.25, -0.2) is 19.2 Å². The summed E-state index contributed by atoms with van der Waals surface area (Å²) >= 11 is 5.61. The first-order valence-electron chi connectivity index (χ1n) is 18.4. The highest BCUT2D eigenvalue weighted by atomic mass is 32.1. The number of thiophene rings is 4. The molecule has 0 aromatic carbocycles. The predicted octanol–water partition coefficient (Wildman–Crippen LogP) is 6.75. The number of esters is 4. The number of carbonyl (C=O) groups is 4. The van der Waals surface area contributed by atoms with Crippen LogP contribution in [-0.4, -0.2) is 105 Å². The first kappa shape index (κ1) is 63.0. The molecular weight excluding hydrogens is 1050 g/mol. The standard InChI is InChI=1S/C10H10N2O3S.C9H8N2O3S.C7H10N2OS.C6H8N2OS.C4F6O3.2CO2/c1-3-14-10(13)8-5-4-7(16-8)9-11-6(2)15-12-9;1-5-10-8(11-14-5)6-3-4-7(15-6)9(12)13-2;1-2-5-3-4-6(11-5)7(8)9-10;1-4-2-3-5(10-4)6(7)8-9;5-3(6,7)1(11)13-2(12)4(8,9)10;2*2-1-3/h4-5H,3H2,1-2H3;3-4H,1-2H3;3-4,10H,2H2,1H3,(H2,8,9);2-3,9H,1H3,(H2,7,8);;;. The Morgan fingerprint density at radius 2 is 1.04 bits per heavy atom. The van der Waals surface area contributed by atoms with Crippen LogP contribution in [0, 0.1) is 20.8 Å². The topological polar surface area (TPSA) is 359 Å². The highest BCUT2D eigenvalue weighted by Gasteiger charge is 2.49. The minimum absolute atomic E-state index is 0.179. The molecule has 0 spiro atoms. The van der Waals surface area contributed by atoms with Gasteiger partial charge in [0.15, 0.2) is 11.7 Å². The third-order valence-electron chi connectivity index (χ3n) is 6.69. The average molecular weight is 1090 g/mol. The van der Waals surface area contributed by atoms with Crippen LogP contribution in [0.15, 0.2) is 67.9 Å². The molecule has 0 aliphatic rings. The van der Waals surface area contributed by atoms with E-state index >= 15 is 0 Å². The first-order chi connectivity index (χ1) is 33.3. The van der Waals surface area contributed by atoms with Gasteiger partial charge in [0.1, 0.15) is 9.75 Å². The molecule has 0 atom stereocenters. The molecule has 0 saturated carbocycles. The molecule has 0 aliphatic carbocycles. The van der Waals surface area contributed by atoms with Crippen LogP contribution in [0.1, 0.15) is 64.5 Å². The maximum atomic E-state index is 11.4. The van der Waals surface area contributed by atoms with E-state index in [0.717, 1.165) is 30.8 Å². The number of nitrogens with zero attached hydrogens (tertiary/aromatic N) is 6. The largest absolute Gasteiger partial charge is 0.491 e. The molecule has 0 fully saturated rings. The summed E-state index contributed by atoms with van der Waals surface area (Å²) in [6.07, 6.45) is -9.76. The van der Waals surface area contributed by atoms with Gasteiger partial charge >= 0.3 is 48.5 Å². The van der Waals surface area contributed by atoms with Crippen molar-refractivity contribution in [3.05, 3.63) is 89.6 Å². The van der Waals surface area contributed by atoms with Gasteiger partial charge in [-0.15, -0.1) is 45.3 Å². The Balaban J connectivity index is 0.000000845. The number of alkyl halides is 6. The van der Waals surface area contributed by atoms with Crippen LogP contribution in [0.5, 0.6) is 0 Å². The van der Waals surface area contributed by atoms with E-state index in [0.29, 0.717) is 39.8 Å². The van der Waals surface area contributed by atoms with Crippen LogP contribution >= 0.6 is 45.3 Å². The number of oxime groups is 2. The number of hydrogen-bond donors (Lipinski definition) is 4. The molecule has 0 saturated heterocycles. The van der Waals surface area contributed by atoms with Crippen LogP contribution in [-0.2, 0) is 49.4 Å². The molecule has 384 valence electrons. The molecule has 6 aromatic rings. The summed E-state index contributed by atoms with van der Waals surface area (Å²) in [5, 5.41) is 29.9. The van der Waals surface area contributed by atoms with Gasteiger partial charge in [0.2, 0.25) is 23.4 Å². The number of nitrogens with two attached hydrogens (primary N) is 2. The zero-order chi connectivity index (χ0) is 54.5. The number of ether oxygens (including phenoxy) is 3. The van der Waals surface area contributed by atoms with Gasteiger partial charge in [-0.05, 0) is 68.8 Å². The van der Waals surface area contributed by atoms with Gasteiger partial charge in [0.05, 0.1) is 33.2 Å². The summed E-state index contributed by atoms with van der Waals surface area (Å²) in [4.78, 5) is 89.2. The van der Waals surface area contributed by atoms with Gasteiger partial charge in [-0.1, -0.05) is 27.5 Å². The third-order valence-corrected chi connectivity index (χ3v) is 11.1. The molecule has 6 aromatic heterocycles. The van der Waals surface area contributed by atoms with Crippen molar-refractivity contribution >= 4 is 93.2 Å². The molecule has 6 rings (SSSR count). The Morgan fingerprint density at radius 3 is 1.35 bits per heavy atom. The summed E-state index contributed by atoms with van der Waals surface area (Å²) in [6.45, 7) is 9.62. The fraction of sp³-hybridized carbons (Fsp3) is 0.263. The lowest BCUT2D eigenvalue weighted by molar-refractivity contribution is -0.221. The number of amidine groups is 2. The van der Waals surface area contributed by atoms with E-state index in [2.05, 4.69) is 47.0 Å². The first-order valence-corrected chi connectivity index (χ1v) is 21.6. The number of hydrogen-bond acceptors (Lipinski definition) is 25. The molecule has 0 bridgehead atoms. The minimum atomic E-state index is -5.62. The van der Waals surface area contributed by atoms with E-state index in [4.69, 9.17) is 54.8 Å². The number of aromatic nitrogens is 4. The lowest BCUT2D eigenvalue weighted by Crippen LogP contribution is -2.34. The number of halogens is 6. The van der Waals surface area contributed by atoms with E-state index in [-0.39, 0.29) is 35.9 Å². The SMILES string of the molecule is CCOC(=O)c1ccc(-c2noc(C)n2)s1.CCc1ccc(/C(N)=N/O)s1.COC(=O)c1ccc(-c2noc(C)n2)s1.Cc1ccc(/C(N)=N/O)s1.O=C(OC(=O)C(F)(F)F)C(F)(F)F.O=C=O.O=C=O. The van der Waals surface area contributed by atoms with Crippen LogP contribution in [0.2, 0.25) is 0 Å². The fourth-order valence-electron chi connectivity index (χ4n) is 3.81. The number of aryl methyl sites for hydroxylation is 4. The van der Waals surface area contributed by atoms with Crippen LogP contribution < -0.4 is 11.5 Å². The molecule has 0 aliphatic heterocycles. The second-order valence-electron chi connectivity index (χ2n) is 11.7. The average Bonchev–Trinajstić information content (AvgIpc) is 4.19. The normalized spacial score (nSPS) is 10.5. The van der Waals surface area contributed by atoms with Gasteiger partial charge in [0, 0.05) is 23.6 Å². The summed E-state index contributed by atoms with van der Waals surface area (Å²) in [5.74, 6) is -4.72. The molecule has 0 amide bonds. The van der Waals surface area contributed by atoms with Crippen molar-refractivity contribution in [3.8, 4) is 21.4 Å². The van der Waals surface area contributed by atoms with Crippen LogP contribution in [0.3, 0.4) is 0 Å². The van der Waals surface area contributed by atoms with E-state index in [1.54, 1.807) is 56.4 Å². The Labute approximate surface area is 410 Å². The lowest BCUT2D eigenvalue weighted by Gasteiger charge is -2.06. The molecule has 23 nitrogen and oxygen atoms in total. The van der Waals surface area contributed by atoms with Crippen molar-refractivity contribution in [1.29, 1.82) is 0 Å². The summed E-state index contributed by atoms with van der Waals surface area (Å²) in [5.41, 5.74) is 10.7. The zero-order valence-electron chi connectivity index (χ0n) is 37.0. The van der Waals surface area contributed by atoms with E-state index in [1.165, 1.54) is 46.0 Å². The Morgan fingerprint density at radius 1 is 0.648 bits per heavy atom. The monoisotopic (exact) mass is 1090 g/mol. The lowest BCUT2D eigenvalue weighted by atomic mass is 10.3. The van der Waals surface area contributed by atoms with Crippen molar-refractivity contribution in [2.75, 3.05) is 13.7 Å². The second kappa shape index (κ2) is 32.0. The molecule has 6 N–H and O–H groups in total. The van der Waals surface area contributed by atoms with E-state index < -0.39 is 24.3 Å². The summed E-state index contributed by atoms with van der Waals surface area (Å²) in [6, 6.07) is 14.5. The molecule has 0 radical (unpaired) electrons. The van der Waals surface area contributed by atoms with Gasteiger partial charge in [-0.3, -0.25) is 0 Å². The van der Waals surface area contributed by atoms with Gasteiger partial charge < -0.3 is 45.1 Å². The van der Waals surface area contributed by atoms with Crippen molar-refractivity contribution in [3.63, 3.8) is 0 Å². The molecule has 33 heteroatoms. The van der Waals surface area contributed by atoms with Crippen molar-refractivity contribution in [2.45, 2.75) is 53.4 Å². The Kier molecular flexibility index (Phi) is 28.4. The fourth-order valence-corrected chi connectivity index (χ4v) is 7.10. The highest BCUT2D eigenvalue weighted by Crippen LogP contribution is 2.28. The van der Waals surface area contributed by atoms with Crippen LogP contribution in [0.4, 0.5) is 26.3 Å². The van der Waals surface area contributed by atoms with Gasteiger partial charge in [-0.2, -0.15) is 55.5 Å². The third kappa shape index (κ3) is 23.7. The number of methoxy groups -OCH3 is 1. The molecule has 0 unspecified atom stereocenters. The van der Waals surface area contributed by atoms with Crippen molar-refractivity contribution in [1.82, 2.24) is 20.3 Å². The van der Waals surface area contributed by atoms with Crippen molar-refractivity contribution < 1.29 is 98.4 Å². The second-order valence-corrected chi connectivity index (χ2v) is 16.3. The molecular formula is C38H36F6N8O15S4. The Bertz CT molecular complexity index is 2710. The van der Waals surface area contributed by atoms with Crippen molar-refractivity contribution in [2.24, 2.45) is 21.8 Å². The molecule has 6 heterocycles. The summed E-state index contributed by atoms with van der Waals surface area (Å²) in [7, 11) is 1.35. The van der Waals surface area contributed by atoms with Gasteiger partial charge in [0.25, 0.3) is 0 Å². The smallest absolute Gasteiger partial charge is 0.465 e. The van der Waals surface area contributed by atoms with E-state index in [1.807, 2.05) is 31.2 Å². The van der Waals surface area contributed by atoms with E-state index in [9.17, 15) is 45.5 Å². The van der Waals surface area contributed by atoms with Crippen LogP contribution in [0.25, 0.3) is 21.4 Å².